The molecule has 1 aliphatic rings. The molecule has 0 saturated carbocycles. The zero-order valence-electron chi connectivity index (χ0n) is 16.9. The fourth-order valence-electron chi connectivity index (χ4n) is 4.31. The van der Waals surface area contributed by atoms with E-state index in [1.807, 2.05) is 18.2 Å². The number of para-hydroxylation sites is 1. The molecular formula is C23H24N2O4. The second kappa shape index (κ2) is 7.21. The fraction of sp³-hybridized carbons (Fsp3) is 0.348. The highest BCUT2D eigenvalue weighted by Crippen LogP contribution is 2.38. The molecular weight excluding hydrogens is 368 g/mol. The minimum atomic E-state index is -1.74. The molecule has 0 saturated heterocycles. The molecule has 2 aromatic heterocycles. The quantitative estimate of drug-likeness (QED) is 0.510. The molecule has 0 bridgehead atoms. The first-order chi connectivity index (χ1) is 14.0. The van der Waals surface area contributed by atoms with Crippen molar-refractivity contribution in [3.05, 3.63) is 62.9 Å². The van der Waals surface area contributed by atoms with E-state index in [-0.39, 0.29) is 18.6 Å². The molecule has 0 unspecified atom stereocenters. The molecule has 1 N–H and O–H groups in total. The van der Waals surface area contributed by atoms with Crippen LogP contribution in [-0.4, -0.2) is 28.1 Å². The predicted molar refractivity (Wildman–Crippen MR) is 111 cm³/mol. The summed E-state index contributed by atoms with van der Waals surface area (Å²) in [6.07, 6.45) is 1.48. The van der Waals surface area contributed by atoms with Crippen molar-refractivity contribution in [2.75, 3.05) is 7.11 Å². The van der Waals surface area contributed by atoms with E-state index in [0.717, 1.165) is 28.6 Å². The SMILES string of the molecule is CCc1c2c(nc3ccccc13)-c1cc([C@](O)(C=O)CC)c(COC)c(=O)n1C2. The summed E-state index contributed by atoms with van der Waals surface area (Å²) in [5.74, 6) is 0. The van der Waals surface area contributed by atoms with Crippen molar-refractivity contribution in [1.82, 2.24) is 9.55 Å². The predicted octanol–water partition coefficient (Wildman–Crippen LogP) is 2.93. The Morgan fingerprint density at radius 3 is 2.69 bits per heavy atom. The standard InChI is InChI=1S/C23H24N2O4/c1-4-14-15-8-6-7-9-19(15)24-21-16(14)11-25-20(21)10-18(23(28,5-2)13-26)17(12-29-3)22(25)27/h6-10,13,28H,4-5,11-12H2,1-3H3/t23-/m1/s1. The van der Waals surface area contributed by atoms with Gasteiger partial charge in [0.15, 0.2) is 6.29 Å². The van der Waals surface area contributed by atoms with E-state index in [1.54, 1.807) is 17.6 Å². The van der Waals surface area contributed by atoms with Crippen LogP contribution in [0.1, 0.15) is 42.5 Å². The van der Waals surface area contributed by atoms with Crippen LogP contribution in [-0.2, 0) is 34.7 Å². The van der Waals surface area contributed by atoms with E-state index in [9.17, 15) is 14.7 Å². The van der Waals surface area contributed by atoms with Crippen molar-refractivity contribution in [3.63, 3.8) is 0 Å². The Kier molecular flexibility index (Phi) is 4.84. The van der Waals surface area contributed by atoms with E-state index in [2.05, 4.69) is 13.0 Å². The van der Waals surface area contributed by atoms with E-state index >= 15 is 0 Å². The van der Waals surface area contributed by atoms with Crippen molar-refractivity contribution in [2.24, 2.45) is 0 Å². The summed E-state index contributed by atoms with van der Waals surface area (Å²) >= 11 is 0. The van der Waals surface area contributed by atoms with Crippen LogP contribution >= 0.6 is 0 Å². The van der Waals surface area contributed by atoms with Crippen LogP contribution in [0.2, 0.25) is 0 Å². The normalized spacial score (nSPS) is 14.5. The number of hydrogen-bond acceptors (Lipinski definition) is 5. The second-order valence-corrected chi connectivity index (χ2v) is 7.43. The van der Waals surface area contributed by atoms with Gasteiger partial charge in [-0.05, 0) is 30.5 Å². The van der Waals surface area contributed by atoms with Crippen LogP contribution in [0.5, 0.6) is 0 Å². The molecule has 0 fully saturated rings. The van der Waals surface area contributed by atoms with Gasteiger partial charge in [-0.1, -0.05) is 32.0 Å². The van der Waals surface area contributed by atoms with Crippen molar-refractivity contribution in [2.45, 2.75) is 45.4 Å². The molecule has 0 amide bonds. The molecule has 4 rings (SSSR count). The summed E-state index contributed by atoms with van der Waals surface area (Å²) in [5.41, 5.74) is 3.05. The number of ether oxygens (including phenoxy) is 1. The highest BCUT2D eigenvalue weighted by atomic mass is 16.5. The maximum Gasteiger partial charge on any atom is 0.257 e. The van der Waals surface area contributed by atoms with Crippen LogP contribution in [0.25, 0.3) is 22.3 Å². The zero-order valence-corrected chi connectivity index (χ0v) is 16.9. The molecule has 150 valence electrons. The fourth-order valence-corrected chi connectivity index (χ4v) is 4.31. The van der Waals surface area contributed by atoms with Gasteiger partial charge in [0, 0.05) is 29.2 Å². The summed E-state index contributed by atoms with van der Waals surface area (Å²) in [6.45, 7) is 4.26. The Morgan fingerprint density at radius 2 is 2.03 bits per heavy atom. The van der Waals surface area contributed by atoms with Crippen molar-refractivity contribution < 1.29 is 14.6 Å². The number of carbonyl (C=O) groups is 1. The first-order valence-electron chi connectivity index (χ1n) is 9.84. The average molecular weight is 392 g/mol. The van der Waals surface area contributed by atoms with Gasteiger partial charge in [-0.3, -0.25) is 9.59 Å². The molecule has 0 aliphatic carbocycles. The van der Waals surface area contributed by atoms with Gasteiger partial charge < -0.3 is 14.4 Å². The number of pyridine rings is 2. The van der Waals surface area contributed by atoms with E-state index in [0.29, 0.717) is 29.7 Å². The lowest BCUT2D eigenvalue weighted by Gasteiger charge is -2.24. The number of nitrogens with zero attached hydrogens (tertiary/aromatic N) is 2. The maximum absolute atomic E-state index is 13.3. The average Bonchev–Trinajstić information content (AvgIpc) is 3.11. The van der Waals surface area contributed by atoms with Gasteiger partial charge in [-0.2, -0.15) is 0 Å². The third-order valence-corrected chi connectivity index (χ3v) is 5.91. The van der Waals surface area contributed by atoms with Crippen LogP contribution in [0.3, 0.4) is 0 Å². The molecule has 1 aliphatic heterocycles. The number of aryl methyl sites for hydroxylation is 1. The molecule has 0 radical (unpaired) electrons. The van der Waals surface area contributed by atoms with Gasteiger partial charge in [-0.15, -0.1) is 0 Å². The summed E-state index contributed by atoms with van der Waals surface area (Å²) in [7, 11) is 1.49. The minimum Gasteiger partial charge on any atom is -0.380 e. The summed E-state index contributed by atoms with van der Waals surface area (Å²) < 4.78 is 6.90. The molecule has 3 aromatic rings. The monoisotopic (exact) mass is 392 g/mol. The van der Waals surface area contributed by atoms with Gasteiger partial charge in [-0.25, -0.2) is 4.98 Å². The lowest BCUT2D eigenvalue weighted by Crippen LogP contribution is -2.34. The largest absolute Gasteiger partial charge is 0.380 e. The Labute approximate surface area is 168 Å². The number of rotatable bonds is 6. The first-order valence-corrected chi connectivity index (χ1v) is 9.84. The second-order valence-electron chi connectivity index (χ2n) is 7.43. The molecule has 0 spiro atoms. The third kappa shape index (κ3) is 2.82. The van der Waals surface area contributed by atoms with Crippen LogP contribution in [0, 0.1) is 0 Å². The summed E-state index contributed by atoms with van der Waals surface area (Å²) in [4.78, 5) is 29.9. The lowest BCUT2D eigenvalue weighted by atomic mass is 9.89. The lowest BCUT2D eigenvalue weighted by molar-refractivity contribution is -0.125. The van der Waals surface area contributed by atoms with Crippen LogP contribution < -0.4 is 5.56 Å². The van der Waals surface area contributed by atoms with E-state index < -0.39 is 5.60 Å². The molecule has 6 nitrogen and oxygen atoms in total. The first kappa shape index (κ1) is 19.5. The van der Waals surface area contributed by atoms with Crippen LogP contribution in [0.15, 0.2) is 35.1 Å². The number of aldehydes is 1. The van der Waals surface area contributed by atoms with E-state index in [1.165, 1.54) is 12.7 Å². The zero-order chi connectivity index (χ0) is 20.8. The smallest absolute Gasteiger partial charge is 0.257 e. The van der Waals surface area contributed by atoms with Crippen molar-refractivity contribution >= 4 is 17.2 Å². The number of hydrogen-bond donors (Lipinski definition) is 1. The molecule has 3 heterocycles. The Hall–Kier alpha value is -2.83. The maximum atomic E-state index is 13.3. The Balaban J connectivity index is 2.07. The molecule has 6 heteroatoms. The highest BCUT2D eigenvalue weighted by Gasteiger charge is 2.35. The number of aromatic nitrogens is 2. The van der Waals surface area contributed by atoms with Crippen molar-refractivity contribution in [3.8, 4) is 11.4 Å². The van der Waals surface area contributed by atoms with Gasteiger partial charge >= 0.3 is 0 Å². The Morgan fingerprint density at radius 1 is 1.28 bits per heavy atom. The topological polar surface area (TPSA) is 81.4 Å². The molecule has 29 heavy (non-hydrogen) atoms. The molecule has 1 atom stereocenters. The highest BCUT2D eigenvalue weighted by molar-refractivity contribution is 5.88. The van der Waals surface area contributed by atoms with Gasteiger partial charge in [0.1, 0.15) is 5.60 Å². The number of carbonyl (C=O) groups excluding carboxylic acids is 1. The van der Waals surface area contributed by atoms with Crippen molar-refractivity contribution in [1.29, 1.82) is 0 Å². The minimum absolute atomic E-state index is 0.0248. The number of fused-ring (bicyclic) bond motifs is 4. The Bertz CT molecular complexity index is 1180. The van der Waals surface area contributed by atoms with Gasteiger partial charge in [0.2, 0.25) is 0 Å². The third-order valence-electron chi connectivity index (χ3n) is 5.91. The van der Waals surface area contributed by atoms with E-state index in [4.69, 9.17) is 9.72 Å². The van der Waals surface area contributed by atoms with Gasteiger partial charge in [0.05, 0.1) is 30.1 Å². The number of benzene rings is 1. The molecule has 1 aromatic carbocycles. The number of aliphatic hydroxyl groups is 1. The number of methoxy groups -OCH3 is 1. The van der Waals surface area contributed by atoms with Gasteiger partial charge in [0.25, 0.3) is 5.56 Å². The summed E-state index contributed by atoms with van der Waals surface area (Å²) in [6, 6.07) is 9.68. The summed E-state index contributed by atoms with van der Waals surface area (Å²) in [5, 5.41) is 12.0. The van der Waals surface area contributed by atoms with Crippen LogP contribution in [0.4, 0.5) is 0 Å².